The summed E-state index contributed by atoms with van der Waals surface area (Å²) in [5.74, 6) is -0.130. The monoisotopic (exact) mass is 880 g/mol. The van der Waals surface area contributed by atoms with Gasteiger partial charge in [0.2, 0.25) is 0 Å². The fourth-order valence-electron chi connectivity index (χ4n) is 6.73. The van der Waals surface area contributed by atoms with Crippen molar-refractivity contribution in [2.75, 3.05) is 13.2 Å². The van der Waals surface area contributed by atoms with Gasteiger partial charge in [0.05, 0.1) is 35.5 Å². The van der Waals surface area contributed by atoms with Gasteiger partial charge in [-0.2, -0.15) is 0 Å². The van der Waals surface area contributed by atoms with Crippen LogP contribution >= 0.6 is 0 Å². The molecule has 0 atom stereocenters. The fourth-order valence-corrected chi connectivity index (χ4v) is 6.73. The molecule has 65 heavy (non-hydrogen) atoms. The van der Waals surface area contributed by atoms with Crippen LogP contribution in [-0.4, -0.2) is 37.1 Å². The summed E-state index contributed by atoms with van der Waals surface area (Å²) in [7, 11) is 0. The number of esters is 4. The van der Waals surface area contributed by atoms with Crippen LogP contribution in [0.25, 0.3) is 0 Å². The molecule has 0 aliphatic carbocycles. The number of benzene rings is 5. The van der Waals surface area contributed by atoms with Gasteiger partial charge in [-0.05, 0) is 155 Å². The average Bonchev–Trinajstić information content (AvgIpc) is 3.32. The molecule has 340 valence electrons. The van der Waals surface area contributed by atoms with Crippen LogP contribution < -0.4 is 28.4 Å². The summed E-state index contributed by atoms with van der Waals surface area (Å²) in [5.41, 5.74) is 1.58. The van der Waals surface area contributed by atoms with Crippen molar-refractivity contribution in [2.24, 2.45) is 0 Å². The highest BCUT2D eigenvalue weighted by Gasteiger charge is 2.18. The van der Waals surface area contributed by atoms with Crippen LogP contribution in [0.1, 0.15) is 137 Å². The Morgan fingerprint density at radius 2 is 0.677 bits per heavy atom. The number of hydrogen-bond acceptors (Lipinski definition) is 10. The maximum absolute atomic E-state index is 13.1. The maximum atomic E-state index is 13.1. The maximum Gasteiger partial charge on any atom is 0.343 e. The zero-order valence-corrected chi connectivity index (χ0v) is 37.4. The normalized spacial score (nSPS) is 10.7. The molecule has 0 fully saturated rings. The highest BCUT2D eigenvalue weighted by Crippen LogP contribution is 2.30. The van der Waals surface area contributed by atoms with E-state index in [1.165, 1.54) is 99.9 Å². The van der Waals surface area contributed by atoms with Crippen molar-refractivity contribution in [2.45, 2.75) is 96.8 Å². The van der Waals surface area contributed by atoms with E-state index in [1.807, 2.05) is 12.2 Å². The van der Waals surface area contributed by atoms with Gasteiger partial charge < -0.3 is 28.4 Å². The lowest BCUT2D eigenvalue weighted by Crippen LogP contribution is -2.12. The van der Waals surface area contributed by atoms with Crippen molar-refractivity contribution in [3.05, 3.63) is 168 Å². The third kappa shape index (κ3) is 16.9. The van der Waals surface area contributed by atoms with Crippen molar-refractivity contribution in [3.8, 4) is 34.5 Å². The zero-order chi connectivity index (χ0) is 46.1. The minimum Gasteiger partial charge on any atom is -0.494 e. The van der Waals surface area contributed by atoms with Crippen LogP contribution in [0, 0.1) is 6.92 Å². The second kappa shape index (κ2) is 27.3. The third-order valence-corrected chi connectivity index (χ3v) is 10.6. The molecule has 5 aromatic carbocycles. The molecule has 5 aromatic rings. The third-order valence-electron chi connectivity index (χ3n) is 10.6. The average molecular weight is 881 g/mol. The number of carbonyl (C=O) groups excluding carboxylic acids is 4. The first-order valence-electron chi connectivity index (χ1n) is 22.6. The van der Waals surface area contributed by atoms with Gasteiger partial charge in [0.1, 0.15) is 34.5 Å². The predicted octanol–water partition coefficient (Wildman–Crippen LogP) is 13.5. The number of carbonyl (C=O) groups is 4. The van der Waals surface area contributed by atoms with E-state index in [9.17, 15) is 19.2 Å². The van der Waals surface area contributed by atoms with Gasteiger partial charge in [-0.1, -0.05) is 69.6 Å². The van der Waals surface area contributed by atoms with Gasteiger partial charge in [0, 0.05) is 5.56 Å². The Morgan fingerprint density at radius 1 is 0.385 bits per heavy atom. The second-order valence-corrected chi connectivity index (χ2v) is 15.6. The first kappa shape index (κ1) is 49.1. The Hall–Kier alpha value is -6.94. The molecule has 0 aliphatic rings. The van der Waals surface area contributed by atoms with Gasteiger partial charge in [-0.3, -0.25) is 0 Å². The zero-order valence-electron chi connectivity index (χ0n) is 37.4. The van der Waals surface area contributed by atoms with E-state index >= 15 is 0 Å². The molecule has 0 bridgehead atoms. The molecule has 10 nitrogen and oxygen atoms in total. The van der Waals surface area contributed by atoms with Crippen LogP contribution in [0.4, 0.5) is 0 Å². The van der Waals surface area contributed by atoms with Crippen molar-refractivity contribution in [3.63, 3.8) is 0 Å². The SMILES string of the molecule is C=CCCCCCCCCOc1ccc(C(=O)Oc2ccc(C(=O)Oc3cccc(OC(=O)c4ccc(OC(=O)c5ccc(OCCCCCCCCC=C)cc5)cc4)c3C)cc2)cc1. The summed E-state index contributed by atoms with van der Waals surface area (Å²) in [4.78, 5) is 51.8. The molecular formula is C55H60O10. The number of hydrogen-bond donors (Lipinski definition) is 0. The summed E-state index contributed by atoms with van der Waals surface area (Å²) < 4.78 is 34.0. The topological polar surface area (TPSA) is 124 Å². The van der Waals surface area contributed by atoms with Gasteiger partial charge in [-0.15, -0.1) is 13.2 Å². The van der Waals surface area contributed by atoms with Crippen LogP contribution in [0.5, 0.6) is 34.5 Å². The van der Waals surface area contributed by atoms with Gasteiger partial charge in [0.25, 0.3) is 0 Å². The Balaban J connectivity index is 1.03. The molecule has 0 unspecified atom stereocenters. The van der Waals surface area contributed by atoms with E-state index in [4.69, 9.17) is 28.4 Å². The minimum atomic E-state index is -0.657. The molecule has 0 saturated heterocycles. The number of ether oxygens (including phenoxy) is 6. The Morgan fingerprint density at radius 3 is 1.02 bits per heavy atom. The predicted molar refractivity (Wildman–Crippen MR) is 253 cm³/mol. The molecule has 0 radical (unpaired) electrons. The Kier molecular flexibility index (Phi) is 20.6. The molecule has 0 amide bonds. The summed E-state index contributed by atoms with van der Waals surface area (Å²) in [6.45, 7) is 10.4. The van der Waals surface area contributed by atoms with Crippen LogP contribution in [0.15, 0.2) is 141 Å². The van der Waals surface area contributed by atoms with E-state index in [2.05, 4.69) is 13.2 Å². The Labute approximate surface area is 383 Å². The fraction of sp³-hybridized carbons (Fsp3) is 0.309. The number of allylic oxidation sites excluding steroid dienone is 2. The first-order valence-corrected chi connectivity index (χ1v) is 22.6. The van der Waals surface area contributed by atoms with Gasteiger partial charge in [-0.25, -0.2) is 19.2 Å². The van der Waals surface area contributed by atoms with Crippen molar-refractivity contribution in [1.29, 1.82) is 0 Å². The summed E-state index contributed by atoms with van der Waals surface area (Å²) in [6.07, 6.45) is 20.0. The largest absolute Gasteiger partial charge is 0.494 e. The molecule has 0 heterocycles. The van der Waals surface area contributed by atoms with E-state index in [0.717, 1.165) is 38.5 Å². The molecule has 0 aliphatic heterocycles. The van der Waals surface area contributed by atoms with Crippen molar-refractivity contribution in [1.82, 2.24) is 0 Å². The molecule has 0 aromatic heterocycles. The smallest absolute Gasteiger partial charge is 0.343 e. The summed E-state index contributed by atoms with van der Waals surface area (Å²) in [6, 6.07) is 30.4. The first-order chi connectivity index (χ1) is 31.7. The molecule has 5 rings (SSSR count). The molecular weight excluding hydrogens is 821 g/mol. The molecule has 0 spiro atoms. The standard InChI is InChI=1S/C55H60O10/c1-4-6-8-10-12-14-16-18-39-60-46-31-23-42(24-32-46)52(56)62-48-35-27-44(28-36-48)54(58)64-50-21-20-22-51(41(50)3)65-55(59)45-29-37-49(38-30-45)63-53(57)43-25-33-47(34-26-43)61-40-19-17-15-13-11-9-7-5-2/h4-5,20-38H,1-2,6-19,39-40H2,3H3. The van der Waals surface area contributed by atoms with Crippen LogP contribution in [0.3, 0.4) is 0 Å². The van der Waals surface area contributed by atoms with Crippen LogP contribution in [-0.2, 0) is 0 Å². The molecule has 10 heteroatoms. The van der Waals surface area contributed by atoms with Crippen molar-refractivity contribution < 1.29 is 47.6 Å². The highest BCUT2D eigenvalue weighted by atomic mass is 16.6. The number of unbranched alkanes of at least 4 members (excludes halogenated alkanes) is 12. The molecule has 0 saturated carbocycles. The summed E-state index contributed by atoms with van der Waals surface area (Å²) in [5, 5.41) is 0. The van der Waals surface area contributed by atoms with Crippen molar-refractivity contribution >= 4 is 23.9 Å². The van der Waals surface area contributed by atoms with Gasteiger partial charge >= 0.3 is 23.9 Å². The molecule has 0 N–H and O–H groups in total. The lowest BCUT2D eigenvalue weighted by atomic mass is 10.1. The van der Waals surface area contributed by atoms with E-state index < -0.39 is 23.9 Å². The Bertz CT molecular complexity index is 2120. The van der Waals surface area contributed by atoms with Gasteiger partial charge in [0.15, 0.2) is 0 Å². The second-order valence-electron chi connectivity index (χ2n) is 15.6. The van der Waals surface area contributed by atoms with E-state index in [1.54, 1.807) is 73.7 Å². The van der Waals surface area contributed by atoms with E-state index in [-0.39, 0.29) is 34.1 Å². The number of rotatable bonds is 28. The van der Waals surface area contributed by atoms with Crippen LogP contribution in [0.2, 0.25) is 0 Å². The minimum absolute atomic E-state index is 0.195. The quantitative estimate of drug-likeness (QED) is 0.0208. The lowest BCUT2D eigenvalue weighted by Gasteiger charge is -2.12. The lowest BCUT2D eigenvalue weighted by molar-refractivity contribution is 0.0721. The highest BCUT2D eigenvalue weighted by molar-refractivity contribution is 5.94. The summed E-state index contributed by atoms with van der Waals surface area (Å²) >= 11 is 0. The van der Waals surface area contributed by atoms with E-state index in [0.29, 0.717) is 41.4 Å².